The minimum Gasteiger partial charge on any atom is -0.374 e. The molecule has 0 aromatic heterocycles. The highest BCUT2D eigenvalue weighted by molar-refractivity contribution is 8.04. The molecule has 0 atom stereocenters. The lowest BCUT2D eigenvalue weighted by atomic mass is 10.3. The lowest BCUT2D eigenvalue weighted by Gasteiger charge is -2.05. The molecule has 10 heteroatoms. The first-order valence-corrected chi connectivity index (χ1v) is 7.18. The predicted octanol–water partition coefficient (Wildman–Crippen LogP) is 0.353. The average molecular weight is 286 g/mol. The largest absolute Gasteiger partial charge is 0.374 e. The summed E-state index contributed by atoms with van der Waals surface area (Å²) < 4.78 is 79.2. The second-order valence-electron chi connectivity index (χ2n) is 3.09. The normalized spacial score (nSPS) is 20.6. The molecule has 1 aromatic carbocycles. The highest BCUT2D eigenvalue weighted by Gasteiger charge is 2.35. The summed E-state index contributed by atoms with van der Waals surface area (Å²) in [4.78, 5) is 0. The van der Waals surface area contributed by atoms with Crippen LogP contribution in [0, 0.1) is 11.6 Å². The van der Waals surface area contributed by atoms with Gasteiger partial charge in [-0.05, 0) is 12.1 Å². The summed E-state index contributed by atoms with van der Waals surface area (Å²) >= 11 is 0. The third kappa shape index (κ3) is 2.31. The molecule has 1 aliphatic rings. The van der Waals surface area contributed by atoms with Gasteiger partial charge in [-0.25, -0.2) is 8.78 Å². The van der Waals surface area contributed by atoms with Gasteiger partial charge in [0.1, 0.15) is 0 Å². The molecule has 0 bridgehead atoms. The van der Waals surface area contributed by atoms with Gasteiger partial charge < -0.3 is 8.37 Å². The van der Waals surface area contributed by atoms with Gasteiger partial charge in [0.15, 0.2) is 11.6 Å². The number of rotatable bonds is 0. The number of hydrogen-bond acceptors (Lipinski definition) is 6. The van der Waals surface area contributed by atoms with Crippen LogP contribution in [0.1, 0.15) is 0 Å². The van der Waals surface area contributed by atoms with Gasteiger partial charge in [0.25, 0.3) is 0 Å². The number of halogens is 2. The first kappa shape index (κ1) is 12.0. The Morgan fingerprint density at radius 1 is 0.882 bits per heavy atom. The molecular weight excluding hydrogens is 282 g/mol. The molecule has 0 amide bonds. The Morgan fingerprint density at radius 3 is 1.59 bits per heavy atom. The van der Waals surface area contributed by atoms with E-state index < -0.39 is 48.5 Å². The topological polar surface area (TPSA) is 86.7 Å². The van der Waals surface area contributed by atoms with Crippen molar-refractivity contribution >= 4 is 20.2 Å². The van der Waals surface area contributed by atoms with E-state index in [2.05, 4.69) is 8.37 Å². The van der Waals surface area contributed by atoms with E-state index >= 15 is 0 Å². The van der Waals surface area contributed by atoms with E-state index in [0.29, 0.717) is 12.1 Å². The number of fused-ring (bicyclic) bond motifs is 1. The van der Waals surface area contributed by atoms with E-state index in [-0.39, 0.29) is 0 Å². The van der Waals surface area contributed by atoms with E-state index in [4.69, 9.17) is 0 Å². The van der Waals surface area contributed by atoms with E-state index in [1.165, 1.54) is 0 Å². The standard InChI is InChI=1S/C7H4F2O6S2/c8-4-1-2-5(9)7-6(4)14-16(10,11)3-17(12,13)15-7/h1-2H,3H2. The zero-order chi connectivity index (χ0) is 12.8. The van der Waals surface area contributed by atoms with Crippen molar-refractivity contribution in [1.82, 2.24) is 0 Å². The predicted molar refractivity (Wildman–Crippen MR) is 50.3 cm³/mol. The molecule has 2 rings (SSSR count). The van der Waals surface area contributed by atoms with Gasteiger partial charge >= 0.3 is 20.2 Å². The van der Waals surface area contributed by atoms with E-state index in [1.54, 1.807) is 0 Å². The molecule has 0 N–H and O–H groups in total. The zero-order valence-corrected chi connectivity index (χ0v) is 9.52. The van der Waals surface area contributed by atoms with Crippen LogP contribution >= 0.6 is 0 Å². The van der Waals surface area contributed by atoms with Crippen molar-refractivity contribution in [1.29, 1.82) is 0 Å². The van der Waals surface area contributed by atoms with Crippen LogP contribution in [0.25, 0.3) is 0 Å². The molecule has 1 aromatic rings. The molecule has 1 aliphatic heterocycles. The maximum Gasteiger partial charge on any atom is 0.327 e. The van der Waals surface area contributed by atoms with Crippen LogP contribution in [0.5, 0.6) is 11.5 Å². The van der Waals surface area contributed by atoms with Gasteiger partial charge in [0.2, 0.25) is 16.6 Å². The first-order chi connectivity index (χ1) is 7.70. The molecule has 6 nitrogen and oxygen atoms in total. The Kier molecular flexibility index (Phi) is 2.51. The van der Waals surface area contributed by atoms with Crippen molar-refractivity contribution in [2.24, 2.45) is 0 Å². The van der Waals surface area contributed by atoms with Gasteiger partial charge in [-0.15, -0.1) is 0 Å². The monoisotopic (exact) mass is 286 g/mol. The van der Waals surface area contributed by atoms with Gasteiger partial charge in [-0.3, -0.25) is 0 Å². The highest BCUT2D eigenvalue weighted by atomic mass is 32.3. The molecule has 0 saturated carbocycles. The van der Waals surface area contributed by atoms with Crippen molar-refractivity contribution < 1.29 is 34.0 Å². The summed E-state index contributed by atoms with van der Waals surface area (Å²) in [6.07, 6.45) is 0. The Labute approximate surface area is 95.0 Å². The fourth-order valence-corrected chi connectivity index (χ4v) is 3.77. The van der Waals surface area contributed by atoms with Gasteiger partial charge in [0, 0.05) is 0 Å². The molecule has 0 spiro atoms. The van der Waals surface area contributed by atoms with E-state index in [0.717, 1.165) is 0 Å². The minimum absolute atomic E-state index is 0.588. The van der Waals surface area contributed by atoms with Gasteiger partial charge in [-0.1, -0.05) is 0 Å². The maximum absolute atomic E-state index is 13.2. The molecule has 94 valence electrons. The average Bonchev–Trinajstić information content (AvgIpc) is 2.24. The molecule has 1 heterocycles. The Balaban J connectivity index is 2.76. The summed E-state index contributed by atoms with van der Waals surface area (Å²) in [5.74, 6) is -4.71. The van der Waals surface area contributed by atoms with Crippen LogP contribution < -0.4 is 8.37 Å². The van der Waals surface area contributed by atoms with Crippen LogP contribution in [-0.2, 0) is 20.2 Å². The summed E-state index contributed by atoms with van der Waals surface area (Å²) in [5, 5.41) is -1.52. The molecule has 0 fully saturated rings. The highest BCUT2D eigenvalue weighted by Crippen LogP contribution is 2.37. The van der Waals surface area contributed by atoms with Crippen LogP contribution in [0.2, 0.25) is 0 Å². The van der Waals surface area contributed by atoms with Crippen LogP contribution in [-0.4, -0.2) is 21.9 Å². The van der Waals surface area contributed by atoms with Crippen LogP contribution in [0.4, 0.5) is 8.78 Å². The van der Waals surface area contributed by atoms with Gasteiger partial charge in [-0.2, -0.15) is 16.8 Å². The number of benzene rings is 1. The zero-order valence-electron chi connectivity index (χ0n) is 7.88. The van der Waals surface area contributed by atoms with Crippen molar-refractivity contribution in [3.05, 3.63) is 23.8 Å². The molecule has 0 aliphatic carbocycles. The second-order valence-corrected chi connectivity index (χ2v) is 6.59. The maximum atomic E-state index is 13.2. The molecule has 0 radical (unpaired) electrons. The third-order valence-electron chi connectivity index (χ3n) is 1.73. The van der Waals surface area contributed by atoms with Crippen LogP contribution in [0.15, 0.2) is 12.1 Å². The van der Waals surface area contributed by atoms with Crippen LogP contribution in [0.3, 0.4) is 0 Å². The Morgan fingerprint density at radius 2 is 1.24 bits per heavy atom. The minimum atomic E-state index is -4.60. The van der Waals surface area contributed by atoms with Crippen molar-refractivity contribution in [2.75, 3.05) is 5.08 Å². The molecule has 0 saturated heterocycles. The smallest absolute Gasteiger partial charge is 0.327 e. The fourth-order valence-electron chi connectivity index (χ4n) is 1.15. The lowest BCUT2D eigenvalue weighted by molar-refractivity contribution is 0.429. The Bertz CT molecular complexity index is 620. The lowest BCUT2D eigenvalue weighted by Crippen LogP contribution is -2.21. The molecule has 0 unspecified atom stereocenters. The quantitative estimate of drug-likeness (QED) is 0.640. The fraction of sp³-hybridized carbons (Fsp3) is 0.143. The van der Waals surface area contributed by atoms with E-state index in [1.807, 2.05) is 0 Å². The van der Waals surface area contributed by atoms with Crippen molar-refractivity contribution in [3.8, 4) is 11.5 Å². The number of hydrogen-bond donors (Lipinski definition) is 0. The van der Waals surface area contributed by atoms with Gasteiger partial charge in [0.05, 0.1) is 0 Å². The summed E-state index contributed by atoms with van der Waals surface area (Å²) in [5.41, 5.74) is 0. The molecule has 17 heavy (non-hydrogen) atoms. The SMILES string of the molecule is O=S1(=O)CS(=O)(=O)Oc2c(F)ccc(F)c2O1. The third-order valence-corrected chi connectivity index (χ3v) is 4.88. The summed E-state index contributed by atoms with van der Waals surface area (Å²) in [7, 11) is -9.20. The Hall–Kier alpha value is -1.42. The van der Waals surface area contributed by atoms with Crippen molar-refractivity contribution in [3.63, 3.8) is 0 Å². The summed E-state index contributed by atoms with van der Waals surface area (Å²) in [6, 6.07) is 1.18. The first-order valence-electron chi connectivity index (χ1n) is 4.02. The van der Waals surface area contributed by atoms with E-state index in [9.17, 15) is 25.6 Å². The summed E-state index contributed by atoms with van der Waals surface area (Å²) in [6.45, 7) is 0. The van der Waals surface area contributed by atoms with Crippen molar-refractivity contribution in [2.45, 2.75) is 0 Å². The molecular formula is C7H4F2O6S2. The second kappa shape index (κ2) is 3.53.